The average molecular weight is 301 g/mol. The third-order valence-corrected chi connectivity index (χ3v) is 3.27. The van der Waals surface area contributed by atoms with Crippen molar-refractivity contribution < 1.29 is 18.7 Å². The topological polar surface area (TPSA) is 67.4 Å². The number of carbonyl (C=O) groups excluding carboxylic acids is 2. The van der Waals surface area contributed by atoms with Gasteiger partial charge in [-0.1, -0.05) is 11.6 Å². The Morgan fingerprint density at radius 2 is 1.90 bits per heavy atom. The Balaban J connectivity index is 2.09. The molecule has 5 nitrogen and oxygen atoms in total. The number of nitrogens with one attached hydrogen (secondary N) is 2. The van der Waals surface area contributed by atoms with Crippen molar-refractivity contribution in [1.29, 1.82) is 0 Å². The summed E-state index contributed by atoms with van der Waals surface area (Å²) in [6, 6.07) is 2.57. The molecule has 0 radical (unpaired) electrons. The van der Waals surface area contributed by atoms with E-state index in [1.54, 1.807) is 0 Å². The van der Waals surface area contributed by atoms with Crippen LogP contribution >= 0.6 is 11.6 Å². The molecule has 1 fully saturated rings. The molecular formula is C13H14ClFN2O3. The molecule has 2 atom stereocenters. The van der Waals surface area contributed by atoms with Crippen LogP contribution in [0.2, 0.25) is 5.02 Å². The predicted octanol–water partition coefficient (Wildman–Crippen LogP) is 0.651. The van der Waals surface area contributed by atoms with Crippen LogP contribution in [0.1, 0.15) is 5.56 Å². The van der Waals surface area contributed by atoms with Gasteiger partial charge in [0.25, 0.3) is 0 Å². The van der Waals surface area contributed by atoms with E-state index < -0.39 is 17.9 Å². The molecule has 1 aliphatic rings. The van der Waals surface area contributed by atoms with Crippen LogP contribution in [-0.2, 0) is 20.7 Å². The van der Waals surface area contributed by atoms with Crippen molar-refractivity contribution in [3.63, 3.8) is 0 Å². The molecule has 1 aromatic rings. The van der Waals surface area contributed by atoms with Crippen molar-refractivity contribution in [2.45, 2.75) is 18.5 Å². The summed E-state index contributed by atoms with van der Waals surface area (Å²) in [6.07, 6.45) is 0.0453. The van der Waals surface area contributed by atoms with Gasteiger partial charge in [0.2, 0.25) is 11.8 Å². The van der Waals surface area contributed by atoms with Gasteiger partial charge in [0.15, 0.2) is 0 Å². The number of hydrogen-bond acceptors (Lipinski definition) is 3. The SMILES string of the molecule is COC[C@@H]1NC(=O)[C@H](Cc2cc(Cl)ccc2F)NC1=O. The summed E-state index contributed by atoms with van der Waals surface area (Å²) < 4.78 is 18.5. The van der Waals surface area contributed by atoms with E-state index in [0.717, 1.165) is 0 Å². The van der Waals surface area contributed by atoms with Gasteiger partial charge in [-0.15, -0.1) is 0 Å². The number of rotatable bonds is 4. The van der Waals surface area contributed by atoms with Crippen LogP contribution in [0.4, 0.5) is 4.39 Å². The highest BCUT2D eigenvalue weighted by atomic mass is 35.5. The highest BCUT2D eigenvalue weighted by Crippen LogP contribution is 2.17. The molecule has 7 heteroatoms. The van der Waals surface area contributed by atoms with Crippen LogP contribution in [0.3, 0.4) is 0 Å². The van der Waals surface area contributed by atoms with Crippen molar-refractivity contribution in [3.8, 4) is 0 Å². The van der Waals surface area contributed by atoms with Crippen LogP contribution in [0.25, 0.3) is 0 Å². The smallest absolute Gasteiger partial charge is 0.245 e. The molecule has 1 aliphatic heterocycles. The predicted molar refractivity (Wildman–Crippen MR) is 70.9 cm³/mol. The number of carbonyl (C=O) groups is 2. The first-order chi connectivity index (χ1) is 9.51. The van der Waals surface area contributed by atoms with Gasteiger partial charge >= 0.3 is 0 Å². The standard InChI is InChI=1S/C13H14ClFN2O3/c1-20-6-11-13(19)16-10(12(18)17-11)5-7-4-8(14)2-3-9(7)15/h2-4,10-11H,5-6H2,1H3,(H,16,19)(H,17,18)/t10-,11-/m0/s1. The lowest BCUT2D eigenvalue weighted by molar-refractivity contribution is -0.138. The minimum absolute atomic E-state index is 0.0453. The van der Waals surface area contributed by atoms with E-state index in [9.17, 15) is 14.0 Å². The van der Waals surface area contributed by atoms with E-state index in [1.165, 1.54) is 25.3 Å². The molecule has 0 aromatic heterocycles. The molecular weight excluding hydrogens is 287 g/mol. The first-order valence-corrected chi connectivity index (χ1v) is 6.42. The first-order valence-electron chi connectivity index (χ1n) is 6.05. The molecule has 1 aromatic carbocycles. The molecule has 1 heterocycles. The van der Waals surface area contributed by atoms with Crippen LogP contribution in [0.15, 0.2) is 18.2 Å². The van der Waals surface area contributed by atoms with E-state index in [0.29, 0.717) is 5.02 Å². The van der Waals surface area contributed by atoms with Gasteiger partial charge in [-0.25, -0.2) is 4.39 Å². The van der Waals surface area contributed by atoms with Gasteiger partial charge in [-0.3, -0.25) is 9.59 Å². The molecule has 0 saturated carbocycles. The molecule has 0 aliphatic carbocycles. The lowest BCUT2D eigenvalue weighted by Crippen LogP contribution is -2.63. The zero-order chi connectivity index (χ0) is 14.7. The largest absolute Gasteiger partial charge is 0.382 e. The molecule has 0 unspecified atom stereocenters. The van der Waals surface area contributed by atoms with E-state index in [-0.39, 0.29) is 30.4 Å². The Kier molecular flexibility index (Phi) is 4.57. The van der Waals surface area contributed by atoms with Gasteiger partial charge in [-0.05, 0) is 23.8 Å². The summed E-state index contributed by atoms with van der Waals surface area (Å²) in [5.41, 5.74) is 0.281. The number of amides is 2. The Morgan fingerprint density at radius 3 is 2.60 bits per heavy atom. The van der Waals surface area contributed by atoms with Gasteiger partial charge < -0.3 is 15.4 Å². The number of benzene rings is 1. The zero-order valence-electron chi connectivity index (χ0n) is 10.8. The number of halogens is 2. The maximum absolute atomic E-state index is 13.6. The quantitative estimate of drug-likeness (QED) is 0.858. The average Bonchev–Trinajstić information content (AvgIpc) is 2.40. The lowest BCUT2D eigenvalue weighted by Gasteiger charge is -2.29. The first kappa shape index (κ1) is 14.7. The Hall–Kier alpha value is -1.66. The van der Waals surface area contributed by atoms with Crippen LogP contribution in [-0.4, -0.2) is 37.6 Å². The second-order valence-electron chi connectivity index (χ2n) is 4.52. The molecule has 2 N–H and O–H groups in total. The zero-order valence-corrected chi connectivity index (χ0v) is 11.5. The van der Waals surface area contributed by atoms with Crippen molar-refractivity contribution in [2.75, 3.05) is 13.7 Å². The number of methoxy groups -OCH3 is 1. The Morgan fingerprint density at radius 1 is 1.25 bits per heavy atom. The monoisotopic (exact) mass is 300 g/mol. The number of piperazine rings is 1. The van der Waals surface area contributed by atoms with Gasteiger partial charge in [0.05, 0.1) is 6.61 Å². The second kappa shape index (κ2) is 6.19. The Bertz CT molecular complexity index is 538. The summed E-state index contributed by atoms with van der Waals surface area (Å²) >= 11 is 5.79. The summed E-state index contributed by atoms with van der Waals surface area (Å²) in [5, 5.41) is 5.47. The van der Waals surface area contributed by atoms with Crippen LogP contribution in [0.5, 0.6) is 0 Å². The van der Waals surface area contributed by atoms with Gasteiger partial charge in [0.1, 0.15) is 17.9 Å². The fourth-order valence-electron chi connectivity index (χ4n) is 2.02. The van der Waals surface area contributed by atoms with E-state index >= 15 is 0 Å². The van der Waals surface area contributed by atoms with Gasteiger partial charge in [-0.2, -0.15) is 0 Å². The number of ether oxygens (including phenoxy) is 1. The molecule has 2 amide bonds. The molecule has 0 spiro atoms. The van der Waals surface area contributed by atoms with Crippen molar-refractivity contribution in [2.24, 2.45) is 0 Å². The van der Waals surface area contributed by atoms with Crippen molar-refractivity contribution in [1.82, 2.24) is 10.6 Å². The maximum atomic E-state index is 13.6. The molecule has 20 heavy (non-hydrogen) atoms. The minimum Gasteiger partial charge on any atom is -0.382 e. The molecule has 0 bridgehead atoms. The highest BCUT2D eigenvalue weighted by molar-refractivity contribution is 6.30. The van der Waals surface area contributed by atoms with E-state index in [1.807, 2.05) is 0 Å². The van der Waals surface area contributed by atoms with Crippen LogP contribution < -0.4 is 10.6 Å². The summed E-state index contributed by atoms with van der Waals surface area (Å²) in [6.45, 7) is 0.0931. The van der Waals surface area contributed by atoms with Crippen LogP contribution in [0, 0.1) is 5.82 Å². The van der Waals surface area contributed by atoms with Crippen molar-refractivity contribution in [3.05, 3.63) is 34.6 Å². The lowest BCUT2D eigenvalue weighted by atomic mass is 10.0. The molecule has 2 rings (SSSR count). The summed E-state index contributed by atoms with van der Waals surface area (Å²) in [7, 11) is 1.44. The molecule has 108 valence electrons. The fourth-order valence-corrected chi connectivity index (χ4v) is 2.22. The molecule has 1 saturated heterocycles. The second-order valence-corrected chi connectivity index (χ2v) is 4.95. The number of hydrogen-bond donors (Lipinski definition) is 2. The summed E-state index contributed by atoms with van der Waals surface area (Å²) in [5.74, 6) is -1.18. The third-order valence-electron chi connectivity index (χ3n) is 3.03. The highest BCUT2D eigenvalue weighted by Gasteiger charge is 2.33. The van der Waals surface area contributed by atoms with Crippen molar-refractivity contribution >= 4 is 23.4 Å². The summed E-state index contributed by atoms with van der Waals surface area (Å²) in [4.78, 5) is 23.6. The Labute approximate surface area is 120 Å². The normalized spacial score (nSPS) is 22.4. The van der Waals surface area contributed by atoms with E-state index in [2.05, 4.69) is 10.6 Å². The van der Waals surface area contributed by atoms with Gasteiger partial charge in [0, 0.05) is 18.6 Å². The minimum atomic E-state index is -0.816. The third kappa shape index (κ3) is 3.26. The maximum Gasteiger partial charge on any atom is 0.245 e. The fraction of sp³-hybridized carbons (Fsp3) is 0.385. The van der Waals surface area contributed by atoms with E-state index in [4.69, 9.17) is 16.3 Å².